The van der Waals surface area contributed by atoms with Gasteiger partial charge in [-0.2, -0.15) is 5.26 Å². The van der Waals surface area contributed by atoms with Gasteiger partial charge in [0.25, 0.3) is 11.8 Å². The van der Waals surface area contributed by atoms with Gasteiger partial charge in [0.15, 0.2) is 0 Å². The molecule has 5 nitrogen and oxygen atoms in total. The van der Waals surface area contributed by atoms with E-state index >= 15 is 0 Å². The normalized spacial score (nSPS) is 13.7. The Morgan fingerprint density at radius 1 is 1.24 bits per heavy atom. The summed E-state index contributed by atoms with van der Waals surface area (Å²) in [5.74, 6) is -0.542. The third kappa shape index (κ3) is 2.02. The molecule has 0 radical (unpaired) electrons. The molecule has 0 atom stereocenters. The average Bonchev–Trinajstić information content (AvgIpc) is 2.60. The van der Waals surface area contributed by atoms with Crippen molar-refractivity contribution in [2.24, 2.45) is 0 Å². The molecule has 0 unspecified atom stereocenters. The molecule has 1 aromatic heterocycles. The standard InChI is InChI=1S/C12H11N3O2/c13-5-2-1-3-7-15-11(16)9-4-6-14-8-10(9)12(15)17/h4,6,8H,1-3,7H2. The fourth-order valence-electron chi connectivity index (χ4n) is 1.81. The molecule has 0 aliphatic carbocycles. The Kier molecular flexibility index (Phi) is 3.15. The van der Waals surface area contributed by atoms with Crippen LogP contribution in [0.15, 0.2) is 18.5 Å². The molecule has 2 amide bonds. The van der Waals surface area contributed by atoms with Crippen LogP contribution in [0.3, 0.4) is 0 Å². The van der Waals surface area contributed by atoms with Gasteiger partial charge in [-0.3, -0.25) is 19.5 Å². The topological polar surface area (TPSA) is 74.1 Å². The lowest BCUT2D eigenvalue weighted by atomic mass is 10.2. The summed E-state index contributed by atoms with van der Waals surface area (Å²) in [6, 6.07) is 3.59. The first-order valence-electron chi connectivity index (χ1n) is 5.43. The van der Waals surface area contributed by atoms with Gasteiger partial charge in [-0.1, -0.05) is 0 Å². The van der Waals surface area contributed by atoms with Crippen LogP contribution in [0.2, 0.25) is 0 Å². The highest BCUT2D eigenvalue weighted by Crippen LogP contribution is 2.21. The quantitative estimate of drug-likeness (QED) is 0.577. The van der Waals surface area contributed by atoms with E-state index in [1.807, 2.05) is 6.07 Å². The van der Waals surface area contributed by atoms with E-state index in [9.17, 15) is 9.59 Å². The molecular formula is C12H11N3O2. The van der Waals surface area contributed by atoms with Crippen LogP contribution in [-0.4, -0.2) is 28.2 Å². The predicted octanol–water partition coefficient (Wildman–Crippen LogP) is 1.37. The first-order valence-corrected chi connectivity index (χ1v) is 5.43. The fraction of sp³-hybridized carbons (Fsp3) is 0.333. The Balaban J connectivity index is 2.06. The van der Waals surface area contributed by atoms with Gasteiger partial charge < -0.3 is 0 Å². The number of hydrogen-bond acceptors (Lipinski definition) is 4. The molecule has 17 heavy (non-hydrogen) atoms. The van der Waals surface area contributed by atoms with Gasteiger partial charge in [-0.05, 0) is 18.9 Å². The van der Waals surface area contributed by atoms with E-state index in [4.69, 9.17) is 5.26 Å². The molecule has 2 heterocycles. The third-order valence-electron chi connectivity index (χ3n) is 2.69. The predicted molar refractivity (Wildman–Crippen MR) is 59.1 cm³/mol. The maximum atomic E-state index is 11.9. The zero-order valence-corrected chi connectivity index (χ0v) is 9.22. The van der Waals surface area contributed by atoms with Crippen LogP contribution in [0.1, 0.15) is 40.0 Å². The number of imide groups is 1. The van der Waals surface area contributed by atoms with Gasteiger partial charge in [0.05, 0.1) is 17.2 Å². The SMILES string of the molecule is N#CCCCCN1C(=O)c2ccncc2C1=O. The van der Waals surface area contributed by atoms with E-state index in [-0.39, 0.29) is 11.8 Å². The molecule has 2 rings (SSSR count). The highest BCUT2D eigenvalue weighted by Gasteiger charge is 2.34. The van der Waals surface area contributed by atoms with Crippen LogP contribution >= 0.6 is 0 Å². The first kappa shape index (κ1) is 11.3. The maximum absolute atomic E-state index is 11.9. The molecule has 0 saturated heterocycles. The second-order valence-corrected chi connectivity index (χ2v) is 3.80. The van der Waals surface area contributed by atoms with E-state index in [1.165, 1.54) is 17.3 Å². The molecule has 1 aromatic rings. The molecule has 5 heteroatoms. The van der Waals surface area contributed by atoms with Crippen LogP contribution < -0.4 is 0 Å². The number of hydrogen-bond donors (Lipinski definition) is 0. The van der Waals surface area contributed by atoms with E-state index in [1.54, 1.807) is 6.07 Å². The third-order valence-corrected chi connectivity index (χ3v) is 2.69. The van der Waals surface area contributed by atoms with Gasteiger partial charge in [-0.25, -0.2) is 0 Å². The van der Waals surface area contributed by atoms with Crippen LogP contribution in [0.4, 0.5) is 0 Å². The lowest BCUT2D eigenvalue weighted by Gasteiger charge is -2.12. The van der Waals surface area contributed by atoms with E-state index < -0.39 is 0 Å². The molecule has 0 bridgehead atoms. The lowest BCUT2D eigenvalue weighted by Crippen LogP contribution is -2.30. The van der Waals surface area contributed by atoms with Crippen molar-refractivity contribution in [1.82, 2.24) is 9.88 Å². The van der Waals surface area contributed by atoms with Gasteiger partial charge in [0.2, 0.25) is 0 Å². The summed E-state index contributed by atoms with van der Waals surface area (Å²) in [6.07, 6.45) is 4.73. The second kappa shape index (κ2) is 4.74. The second-order valence-electron chi connectivity index (χ2n) is 3.80. The summed E-state index contributed by atoms with van der Waals surface area (Å²) >= 11 is 0. The summed E-state index contributed by atoms with van der Waals surface area (Å²) in [6.45, 7) is 0.369. The summed E-state index contributed by atoms with van der Waals surface area (Å²) in [5.41, 5.74) is 0.795. The minimum atomic E-state index is -0.282. The van der Waals surface area contributed by atoms with E-state index in [2.05, 4.69) is 4.98 Å². The highest BCUT2D eigenvalue weighted by atomic mass is 16.2. The smallest absolute Gasteiger partial charge is 0.263 e. The molecule has 0 saturated carbocycles. The molecule has 0 fully saturated rings. The summed E-state index contributed by atoms with van der Waals surface area (Å²) in [4.78, 5) is 28.8. The van der Waals surface area contributed by atoms with E-state index in [0.717, 1.165) is 0 Å². The van der Waals surface area contributed by atoms with Gasteiger partial charge in [0.1, 0.15) is 0 Å². The number of nitrogens with zero attached hydrogens (tertiary/aromatic N) is 3. The van der Waals surface area contributed by atoms with Crippen molar-refractivity contribution >= 4 is 11.8 Å². The molecule has 1 aliphatic rings. The van der Waals surface area contributed by atoms with Gasteiger partial charge in [-0.15, -0.1) is 0 Å². The van der Waals surface area contributed by atoms with Crippen molar-refractivity contribution in [2.75, 3.05) is 6.54 Å². The minimum absolute atomic E-state index is 0.260. The van der Waals surface area contributed by atoms with Crippen LogP contribution in [0.5, 0.6) is 0 Å². The number of aromatic nitrogens is 1. The number of pyridine rings is 1. The number of carbonyl (C=O) groups excluding carboxylic acids is 2. The molecule has 0 N–H and O–H groups in total. The number of carbonyl (C=O) groups is 2. The molecule has 1 aliphatic heterocycles. The van der Waals surface area contributed by atoms with Crippen molar-refractivity contribution in [3.63, 3.8) is 0 Å². The summed E-state index contributed by atoms with van der Waals surface area (Å²) in [7, 11) is 0. The minimum Gasteiger partial charge on any atom is -0.274 e. The first-order chi connectivity index (χ1) is 8.25. The maximum Gasteiger partial charge on any atom is 0.263 e. The lowest BCUT2D eigenvalue weighted by molar-refractivity contribution is 0.0652. The number of rotatable bonds is 4. The van der Waals surface area contributed by atoms with E-state index in [0.29, 0.717) is 36.9 Å². The van der Waals surface area contributed by atoms with Gasteiger partial charge >= 0.3 is 0 Å². The van der Waals surface area contributed by atoms with Crippen molar-refractivity contribution < 1.29 is 9.59 Å². The Morgan fingerprint density at radius 3 is 2.71 bits per heavy atom. The largest absolute Gasteiger partial charge is 0.274 e. The molecule has 0 spiro atoms. The Morgan fingerprint density at radius 2 is 2.00 bits per heavy atom. The zero-order valence-electron chi connectivity index (χ0n) is 9.22. The number of unbranched alkanes of at least 4 members (excludes halogenated alkanes) is 2. The van der Waals surface area contributed by atoms with Crippen LogP contribution in [0.25, 0.3) is 0 Å². The van der Waals surface area contributed by atoms with Crippen molar-refractivity contribution in [2.45, 2.75) is 19.3 Å². The monoisotopic (exact) mass is 229 g/mol. The molecular weight excluding hydrogens is 218 g/mol. The number of nitriles is 1. The van der Waals surface area contributed by atoms with Crippen molar-refractivity contribution in [1.29, 1.82) is 5.26 Å². The van der Waals surface area contributed by atoms with Crippen molar-refractivity contribution in [3.8, 4) is 6.07 Å². The highest BCUT2D eigenvalue weighted by molar-refractivity contribution is 6.21. The summed E-state index contributed by atoms with van der Waals surface area (Å²) in [5, 5.41) is 8.40. The Bertz CT molecular complexity index is 470. The Labute approximate surface area is 98.7 Å². The fourth-order valence-corrected chi connectivity index (χ4v) is 1.81. The van der Waals surface area contributed by atoms with Crippen LogP contribution in [-0.2, 0) is 0 Å². The summed E-state index contributed by atoms with van der Waals surface area (Å²) < 4.78 is 0. The molecule has 0 aromatic carbocycles. The Hall–Kier alpha value is -2.22. The van der Waals surface area contributed by atoms with Gasteiger partial charge in [0, 0.05) is 25.4 Å². The zero-order chi connectivity index (χ0) is 12.3. The molecule has 86 valence electrons. The average molecular weight is 229 g/mol. The number of amides is 2. The van der Waals surface area contributed by atoms with Crippen LogP contribution in [0, 0.1) is 11.3 Å². The van der Waals surface area contributed by atoms with Crippen molar-refractivity contribution in [3.05, 3.63) is 29.6 Å². The number of fused-ring (bicyclic) bond motifs is 1.